The fourth-order valence-corrected chi connectivity index (χ4v) is 2.41. The number of hydrogen-bond acceptors (Lipinski definition) is 4. The van der Waals surface area contributed by atoms with Crippen LogP contribution in [0.25, 0.3) is 0 Å². The Morgan fingerprint density at radius 3 is 2.88 bits per heavy atom. The van der Waals surface area contributed by atoms with Crippen LogP contribution in [0.15, 0.2) is 46.1 Å². The summed E-state index contributed by atoms with van der Waals surface area (Å²) < 4.78 is 6.71. The third kappa shape index (κ3) is 5.16. The van der Waals surface area contributed by atoms with Gasteiger partial charge in [-0.15, -0.1) is 0 Å². The monoisotopic (exact) mass is 389 g/mol. The summed E-state index contributed by atoms with van der Waals surface area (Å²) >= 11 is 3.53. The van der Waals surface area contributed by atoms with Crippen molar-refractivity contribution in [3.8, 4) is 5.75 Å². The van der Waals surface area contributed by atoms with Gasteiger partial charge < -0.3 is 4.74 Å². The molecule has 0 radical (unpaired) electrons. The van der Waals surface area contributed by atoms with Crippen LogP contribution < -0.4 is 10.2 Å². The number of carbonyl (C=O) groups is 1. The largest absolute Gasteiger partial charge is 0.483 e. The molecular formula is C18H20BrN3O2. The van der Waals surface area contributed by atoms with Crippen molar-refractivity contribution in [2.75, 3.05) is 6.61 Å². The van der Waals surface area contributed by atoms with Crippen molar-refractivity contribution >= 4 is 28.1 Å². The second kappa shape index (κ2) is 8.59. The van der Waals surface area contributed by atoms with Gasteiger partial charge in [0.25, 0.3) is 5.91 Å². The molecule has 0 spiro atoms. The molecule has 126 valence electrons. The molecule has 0 aliphatic heterocycles. The third-order valence-electron chi connectivity index (χ3n) is 3.35. The molecule has 0 saturated carbocycles. The highest BCUT2D eigenvalue weighted by molar-refractivity contribution is 9.10. The molecule has 6 heteroatoms. The zero-order valence-electron chi connectivity index (χ0n) is 13.9. The van der Waals surface area contributed by atoms with E-state index in [1.54, 1.807) is 12.3 Å². The highest BCUT2D eigenvalue weighted by Crippen LogP contribution is 2.32. The lowest BCUT2D eigenvalue weighted by atomic mass is 10.0. The lowest BCUT2D eigenvalue weighted by Gasteiger charge is -2.15. The number of amides is 1. The molecule has 1 heterocycles. The van der Waals surface area contributed by atoms with Gasteiger partial charge in [-0.05, 0) is 48.2 Å². The number of nitrogens with zero attached hydrogens (tertiary/aromatic N) is 2. The number of hydrazone groups is 1. The van der Waals surface area contributed by atoms with E-state index >= 15 is 0 Å². The molecule has 0 bridgehead atoms. The third-order valence-corrected chi connectivity index (χ3v) is 4.20. The van der Waals surface area contributed by atoms with Crippen molar-refractivity contribution in [3.63, 3.8) is 0 Å². The van der Waals surface area contributed by atoms with E-state index in [-0.39, 0.29) is 12.5 Å². The Kier molecular flexibility index (Phi) is 6.49. The maximum atomic E-state index is 11.9. The highest BCUT2D eigenvalue weighted by atomic mass is 79.9. The number of benzene rings is 1. The van der Waals surface area contributed by atoms with E-state index in [4.69, 9.17) is 4.74 Å². The van der Waals surface area contributed by atoms with Gasteiger partial charge in [-0.1, -0.05) is 35.8 Å². The van der Waals surface area contributed by atoms with Gasteiger partial charge in [-0.2, -0.15) is 5.10 Å². The van der Waals surface area contributed by atoms with Gasteiger partial charge in [-0.3, -0.25) is 9.78 Å². The Labute approximate surface area is 150 Å². The fourth-order valence-electron chi connectivity index (χ4n) is 2.04. The lowest BCUT2D eigenvalue weighted by molar-refractivity contribution is -0.123. The summed E-state index contributed by atoms with van der Waals surface area (Å²) in [6.45, 7) is 6.06. The van der Waals surface area contributed by atoms with E-state index in [1.165, 1.54) is 6.21 Å². The second-order valence-corrected chi connectivity index (χ2v) is 6.48. The number of rotatable bonds is 6. The van der Waals surface area contributed by atoms with Crippen molar-refractivity contribution in [1.29, 1.82) is 0 Å². The van der Waals surface area contributed by atoms with E-state index in [2.05, 4.69) is 45.3 Å². The Balaban J connectivity index is 1.94. The second-order valence-electron chi connectivity index (χ2n) is 5.63. The van der Waals surface area contributed by atoms with Gasteiger partial charge in [0.1, 0.15) is 5.75 Å². The van der Waals surface area contributed by atoms with E-state index in [0.29, 0.717) is 11.6 Å². The minimum atomic E-state index is -0.322. The van der Waals surface area contributed by atoms with Gasteiger partial charge in [0.2, 0.25) is 0 Å². The number of halogens is 1. The molecule has 2 aromatic rings. The SMILES string of the molecule is Cc1cc(OCC(=O)N/N=C/c2ccccn2)c(C(C)C)cc1Br. The van der Waals surface area contributed by atoms with Crippen molar-refractivity contribution in [2.24, 2.45) is 5.10 Å². The van der Waals surface area contributed by atoms with Crippen LogP contribution in [0.1, 0.15) is 36.6 Å². The van der Waals surface area contributed by atoms with Crippen LogP contribution >= 0.6 is 15.9 Å². The molecule has 1 amide bonds. The smallest absolute Gasteiger partial charge is 0.277 e. The summed E-state index contributed by atoms with van der Waals surface area (Å²) in [6.07, 6.45) is 3.15. The molecule has 1 aromatic carbocycles. The van der Waals surface area contributed by atoms with Crippen LogP contribution in [0.2, 0.25) is 0 Å². The first-order valence-corrected chi connectivity index (χ1v) is 8.42. The Hall–Kier alpha value is -2.21. The molecule has 2 rings (SSSR count). The molecule has 0 aliphatic carbocycles. The summed E-state index contributed by atoms with van der Waals surface area (Å²) in [5.41, 5.74) is 5.21. The molecule has 0 saturated heterocycles. The van der Waals surface area contributed by atoms with Gasteiger partial charge in [0, 0.05) is 10.7 Å². The molecule has 5 nitrogen and oxygen atoms in total. The predicted octanol–water partition coefficient (Wildman–Crippen LogP) is 3.81. The van der Waals surface area contributed by atoms with Crippen LogP contribution in [-0.4, -0.2) is 23.7 Å². The number of carbonyl (C=O) groups excluding carboxylic acids is 1. The first-order valence-electron chi connectivity index (χ1n) is 7.63. The van der Waals surface area contributed by atoms with Crippen LogP contribution in [0.3, 0.4) is 0 Å². The average molecular weight is 390 g/mol. The number of aromatic nitrogens is 1. The van der Waals surface area contributed by atoms with Crippen molar-refractivity contribution in [1.82, 2.24) is 10.4 Å². The van der Waals surface area contributed by atoms with E-state index in [9.17, 15) is 4.79 Å². The Bertz CT molecular complexity index is 731. The summed E-state index contributed by atoms with van der Waals surface area (Å²) in [5.74, 6) is 0.689. The summed E-state index contributed by atoms with van der Waals surface area (Å²) in [5, 5.41) is 3.87. The number of pyridine rings is 1. The van der Waals surface area contributed by atoms with Crippen LogP contribution in [0.5, 0.6) is 5.75 Å². The van der Waals surface area contributed by atoms with Gasteiger partial charge in [0.05, 0.1) is 11.9 Å². The molecular weight excluding hydrogens is 370 g/mol. The van der Waals surface area contributed by atoms with Crippen molar-refractivity contribution in [2.45, 2.75) is 26.7 Å². The van der Waals surface area contributed by atoms with Crippen LogP contribution in [0, 0.1) is 6.92 Å². The maximum Gasteiger partial charge on any atom is 0.277 e. The van der Waals surface area contributed by atoms with Gasteiger partial charge >= 0.3 is 0 Å². The molecule has 24 heavy (non-hydrogen) atoms. The zero-order valence-corrected chi connectivity index (χ0v) is 15.5. The summed E-state index contributed by atoms with van der Waals surface area (Å²) in [7, 11) is 0. The first-order chi connectivity index (χ1) is 11.5. The molecule has 1 aromatic heterocycles. The molecule has 0 atom stereocenters. The zero-order chi connectivity index (χ0) is 17.5. The summed E-state index contributed by atoms with van der Waals surface area (Å²) in [6, 6.07) is 9.43. The fraction of sp³-hybridized carbons (Fsp3) is 0.278. The van der Waals surface area contributed by atoms with E-state index in [0.717, 1.165) is 21.3 Å². The number of nitrogens with one attached hydrogen (secondary N) is 1. The maximum absolute atomic E-state index is 11.9. The van der Waals surface area contributed by atoms with Gasteiger partial charge in [-0.25, -0.2) is 5.43 Å². The topological polar surface area (TPSA) is 63.6 Å². The number of aryl methyl sites for hydroxylation is 1. The standard InChI is InChI=1S/C18H20BrN3O2/c1-12(2)15-9-16(19)13(3)8-17(15)24-11-18(23)22-21-10-14-6-4-5-7-20-14/h4-10,12H,11H2,1-3H3,(H,22,23)/b21-10+. The highest BCUT2D eigenvalue weighted by Gasteiger charge is 2.12. The molecule has 1 N–H and O–H groups in total. The quantitative estimate of drug-likeness (QED) is 0.603. The molecule has 0 fully saturated rings. The van der Waals surface area contributed by atoms with Crippen LogP contribution in [-0.2, 0) is 4.79 Å². The lowest BCUT2D eigenvalue weighted by Crippen LogP contribution is -2.25. The minimum Gasteiger partial charge on any atom is -0.483 e. The minimum absolute atomic E-state index is 0.0969. The molecule has 0 aliphatic rings. The number of hydrogen-bond donors (Lipinski definition) is 1. The summed E-state index contributed by atoms with van der Waals surface area (Å²) in [4.78, 5) is 15.9. The van der Waals surface area contributed by atoms with Crippen molar-refractivity contribution < 1.29 is 9.53 Å². The molecule has 0 unspecified atom stereocenters. The number of ether oxygens (including phenoxy) is 1. The van der Waals surface area contributed by atoms with Crippen molar-refractivity contribution in [3.05, 3.63) is 57.8 Å². The predicted molar refractivity (Wildman–Crippen MR) is 98.4 cm³/mol. The first kappa shape index (κ1) is 18.1. The Morgan fingerprint density at radius 1 is 1.42 bits per heavy atom. The normalized spacial score (nSPS) is 11.0. The average Bonchev–Trinajstić information content (AvgIpc) is 2.56. The Morgan fingerprint density at radius 2 is 2.21 bits per heavy atom. The van der Waals surface area contributed by atoms with Gasteiger partial charge in [0.15, 0.2) is 6.61 Å². The van der Waals surface area contributed by atoms with E-state index in [1.807, 2.05) is 31.2 Å². The van der Waals surface area contributed by atoms with Crippen LogP contribution in [0.4, 0.5) is 0 Å². The van der Waals surface area contributed by atoms with E-state index < -0.39 is 0 Å².